The lowest BCUT2D eigenvalue weighted by atomic mass is 10.0. The highest BCUT2D eigenvalue weighted by molar-refractivity contribution is 5.70. The van der Waals surface area contributed by atoms with Crippen molar-refractivity contribution in [2.45, 2.75) is 25.8 Å². The van der Waals surface area contributed by atoms with Crippen LogP contribution in [0.3, 0.4) is 0 Å². The van der Waals surface area contributed by atoms with Gasteiger partial charge in [-0.15, -0.1) is 0 Å². The van der Waals surface area contributed by atoms with Gasteiger partial charge in [-0.1, -0.05) is 12.1 Å². The Hall–Kier alpha value is -1.15. The maximum atomic E-state index is 12.9. The quantitative estimate of drug-likeness (QED) is 0.725. The first-order chi connectivity index (χ1) is 6.66. The summed E-state index contributed by atoms with van der Waals surface area (Å²) in [5.41, 5.74) is 9.18. The summed E-state index contributed by atoms with van der Waals surface area (Å²) in [6, 6.07) is 5.09. The summed E-state index contributed by atoms with van der Waals surface area (Å²) in [5.74, 6) is -0.172. The summed E-state index contributed by atoms with van der Waals surface area (Å²) in [5, 5.41) is 0. The number of rotatable bonds is 1. The molecule has 1 aliphatic carbocycles. The van der Waals surface area contributed by atoms with Gasteiger partial charge >= 0.3 is 0 Å². The Balaban J connectivity index is 2.37. The van der Waals surface area contributed by atoms with Crippen LogP contribution in [0.25, 0.3) is 5.57 Å². The maximum absolute atomic E-state index is 12.9. The molecule has 0 bridgehead atoms. The fourth-order valence-electron chi connectivity index (χ4n) is 1.96. The average molecular weight is 191 g/mol. The van der Waals surface area contributed by atoms with Crippen LogP contribution in [0.15, 0.2) is 24.3 Å². The van der Waals surface area contributed by atoms with Crippen molar-refractivity contribution in [1.82, 2.24) is 0 Å². The number of allylic oxidation sites excluding steroid dienone is 1. The van der Waals surface area contributed by atoms with Gasteiger partial charge in [-0.3, -0.25) is 0 Å². The third-order valence-electron chi connectivity index (χ3n) is 2.70. The summed E-state index contributed by atoms with van der Waals surface area (Å²) in [6.45, 7) is 1.93. The molecule has 0 spiro atoms. The fraction of sp³-hybridized carbons (Fsp3) is 0.333. The van der Waals surface area contributed by atoms with Crippen molar-refractivity contribution in [1.29, 1.82) is 0 Å². The van der Waals surface area contributed by atoms with Gasteiger partial charge in [0.25, 0.3) is 0 Å². The van der Waals surface area contributed by atoms with Crippen molar-refractivity contribution in [2.24, 2.45) is 5.73 Å². The molecule has 1 atom stereocenters. The largest absolute Gasteiger partial charge is 0.324 e. The summed E-state index contributed by atoms with van der Waals surface area (Å²) in [4.78, 5) is 0. The van der Waals surface area contributed by atoms with Gasteiger partial charge in [-0.05, 0) is 48.6 Å². The lowest BCUT2D eigenvalue weighted by Crippen LogP contribution is -2.11. The normalized spacial score (nSPS) is 21.1. The molecule has 1 aliphatic rings. The molecule has 1 unspecified atom stereocenters. The third-order valence-corrected chi connectivity index (χ3v) is 2.70. The van der Waals surface area contributed by atoms with Crippen LogP contribution in [-0.4, -0.2) is 6.04 Å². The predicted molar refractivity (Wildman–Crippen MR) is 56.3 cm³/mol. The van der Waals surface area contributed by atoms with Crippen LogP contribution in [0.2, 0.25) is 0 Å². The molecular weight excluding hydrogens is 177 g/mol. The Kier molecular flexibility index (Phi) is 2.38. The molecule has 1 nitrogen and oxygen atoms in total. The van der Waals surface area contributed by atoms with E-state index >= 15 is 0 Å². The van der Waals surface area contributed by atoms with Gasteiger partial charge in [0, 0.05) is 6.04 Å². The number of aryl methyl sites for hydroxylation is 1. The maximum Gasteiger partial charge on any atom is 0.123 e. The molecule has 0 heterocycles. The molecule has 0 amide bonds. The van der Waals surface area contributed by atoms with Gasteiger partial charge in [0.1, 0.15) is 5.82 Å². The van der Waals surface area contributed by atoms with Crippen LogP contribution in [0, 0.1) is 12.7 Å². The second-order valence-electron chi connectivity index (χ2n) is 3.85. The van der Waals surface area contributed by atoms with Crippen molar-refractivity contribution in [3.63, 3.8) is 0 Å². The standard InChI is InChI=1S/C12H14FN/c1-8-6-10(13)3-5-12(8)9-2-4-11(14)7-9/h3,5-7,11H,2,4,14H2,1H3. The van der Waals surface area contributed by atoms with E-state index in [4.69, 9.17) is 5.73 Å². The lowest BCUT2D eigenvalue weighted by molar-refractivity contribution is 0.626. The van der Waals surface area contributed by atoms with Crippen molar-refractivity contribution in [2.75, 3.05) is 0 Å². The molecule has 0 aliphatic heterocycles. The van der Waals surface area contributed by atoms with Crippen molar-refractivity contribution in [3.05, 3.63) is 41.2 Å². The number of benzene rings is 1. The van der Waals surface area contributed by atoms with Gasteiger partial charge in [0.05, 0.1) is 0 Å². The summed E-state index contributed by atoms with van der Waals surface area (Å²) in [7, 11) is 0. The highest BCUT2D eigenvalue weighted by Crippen LogP contribution is 2.29. The fourth-order valence-corrected chi connectivity index (χ4v) is 1.96. The van der Waals surface area contributed by atoms with Gasteiger partial charge in [-0.25, -0.2) is 4.39 Å². The first kappa shape index (κ1) is 9.41. The molecular formula is C12H14FN. The topological polar surface area (TPSA) is 26.0 Å². The molecule has 14 heavy (non-hydrogen) atoms. The molecule has 2 N–H and O–H groups in total. The lowest BCUT2D eigenvalue weighted by Gasteiger charge is -2.06. The monoisotopic (exact) mass is 191 g/mol. The van der Waals surface area contributed by atoms with E-state index in [1.807, 2.05) is 13.0 Å². The average Bonchev–Trinajstić information content (AvgIpc) is 2.51. The second kappa shape index (κ2) is 3.54. The first-order valence-electron chi connectivity index (χ1n) is 4.89. The number of hydrogen-bond acceptors (Lipinski definition) is 1. The molecule has 0 aromatic heterocycles. The number of halogens is 1. The zero-order chi connectivity index (χ0) is 10.1. The second-order valence-corrected chi connectivity index (χ2v) is 3.85. The van der Waals surface area contributed by atoms with Gasteiger partial charge in [0.2, 0.25) is 0 Å². The van der Waals surface area contributed by atoms with Crippen LogP contribution < -0.4 is 5.73 Å². The van der Waals surface area contributed by atoms with E-state index in [0.717, 1.165) is 24.0 Å². The van der Waals surface area contributed by atoms with Gasteiger partial charge in [0.15, 0.2) is 0 Å². The van der Waals surface area contributed by atoms with E-state index in [1.165, 1.54) is 11.6 Å². The molecule has 0 saturated carbocycles. The molecule has 0 fully saturated rings. The Morgan fingerprint density at radius 1 is 1.43 bits per heavy atom. The summed E-state index contributed by atoms with van der Waals surface area (Å²) in [6.07, 6.45) is 4.10. The minimum Gasteiger partial charge on any atom is -0.324 e. The van der Waals surface area contributed by atoms with Gasteiger partial charge < -0.3 is 5.73 Å². The summed E-state index contributed by atoms with van der Waals surface area (Å²) >= 11 is 0. The SMILES string of the molecule is Cc1cc(F)ccc1C1=CC(N)CC1. The Morgan fingerprint density at radius 2 is 2.21 bits per heavy atom. The highest BCUT2D eigenvalue weighted by atomic mass is 19.1. The predicted octanol–water partition coefficient (Wildman–Crippen LogP) is 2.64. The Bertz CT molecular complexity index is 382. The minimum atomic E-state index is -0.172. The number of nitrogens with two attached hydrogens (primary N) is 1. The van der Waals surface area contributed by atoms with E-state index in [1.54, 1.807) is 6.07 Å². The number of hydrogen-bond donors (Lipinski definition) is 1. The van der Waals surface area contributed by atoms with Gasteiger partial charge in [-0.2, -0.15) is 0 Å². The van der Waals surface area contributed by atoms with Crippen LogP contribution >= 0.6 is 0 Å². The molecule has 2 rings (SSSR count). The summed E-state index contributed by atoms with van der Waals surface area (Å²) < 4.78 is 12.9. The smallest absolute Gasteiger partial charge is 0.123 e. The Morgan fingerprint density at radius 3 is 2.79 bits per heavy atom. The zero-order valence-corrected chi connectivity index (χ0v) is 8.26. The van der Waals surface area contributed by atoms with E-state index in [-0.39, 0.29) is 11.9 Å². The van der Waals surface area contributed by atoms with E-state index in [9.17, 15) is 4.39 Å². The molecule has 1 aromatic rings. The first-order valence-corrected chi connectivity index (χ1v) is 4.89. The van der Waals surface area contributed by atoms with E-state index < -0.39 is 0 Å². The van der Waals surface area contributed by atoms with E-state index in [0.29, 0.717) is 0 Å². The van der Waals surface area contributed by atoms with Crippen molar-refractivity contribution >= 4 is 5.57 Å². The minimum absolute atomic E-state index is 0.172. The van der Waals surface area contributed by atoms with Crippen LogP contribution in [0.5, 0.6) is 0 Å². The molecule has 74 valence electrons. The van der Waals surface area contributed by atoms with Crippen molar-refractivity contribution in [3.8, 4) is 0 Å². The van der Waals surface area contributed by atoms with Crippen molar-refractivity contribution < 1.29 is 4.39 Å². The molecule has 0 saturated heterocycles. The zero-order valence-electron chi connectivity index (χ0n) is 8.26. The van der Waals surface area contributed by atoms with E-state index in [2.05, 4.69) is 6.08 Å². The Labute approximate surface area is 83.4 Å². The highest BCUT2D eigenvalue weighted by Gasteiger charge is 2.14. The molecule has 2 heteroatoms. The molecule has 1 aromatic carbocycles. The van der Waals surface area contributed by atoms with Crippen LogP contribution in [0.4, 0.5) is 4.39 Å². The van der Waals surface area contributed by atoms with Crippen LogP contribution in [0.1, 0.15) is 24.0 Å². The van der Waals surface area contributed by atoms with Crippen LogP contribution in [-0.2, 0) is 0 Å². The molecule has 0 radical (unpaired) electrons. The third kappa shape index (κ3) is 1.70.